The lowest BCUT2D eigenvalue weighted by atomic mass is 9.77. The Hall–Kier alpha value is -3.00. The number of nitrogens with one attached hydrogen (secondary N) is 1. The summed E-state index contributed by atoms with van der Waals surface area (Å²) < 4.78 is 20.9. The number of aromatic hydroxyl groups is 1. The van der Waals surface area contributed by atoms with E-state index in [2.05, 4.69) is 29.4 Å². The molecule has 0 bridgehead atoms. The number of anilines is 1. The Morgan fingerprint density at radius 1 is 1.22 bits per heavy atom. The minimum atomic E-state index is -1.06. The van der Waals surface area contributed by atoms with E-state index in [1.54, 1.807) is 6.07 Å². The minimum Gasteiger partial charge on any atom is -0.507 e. The molecule has 0 unspecified atom stereocenters. The van der Waals surface area contributed by atoms with Gasteiger partial charge in [-0.3, -0.25) is 4.79 Å². The van der Waals surface area contributed by atoms with Crippen LogP contribution in [0.3, 0.4) is 0 Å². The first-order chi connectivity index (χ1) is 15.1. The van der Waals surface area contributed by atoms with Gasteiger partial charge in [-0.1, -0.05) is 0 Å². The molecule has 2 N–H and O–H groups in total. The molecule has 1 aromatic carbocycles. The van der Waals surface area contributed by atoms with Gasteiger partial charge in [0.15, 0.2) is 11.2 Å². The topological polar surface area (TPSA) is 91.5 Å². The molecule has 0 spiro atoms. The highest BCUT2D eigenvalue weighted by Crippen LogP contribution is 2.40. The summed E-state index contributed by atoms with van der Waals surface area (Å²) in [7, 11) is 0. The molecular weight excluding hydrogens is 411 g/mol. The van der Waals surface area contributed by atoms with Gasteiger partial charge in [0.2, 0.25) is 0 Å². The zero-order valence-electron chi connectivity index (χ0n) is 18.6. The molecule has 0 amide bonds. The second kappa shape index (κ2) is 7.00. The summed E-state index contributed by atoms with van der Waals surface area (Å²) in [6, 6.07) is 5.89. The number of nitrogens with zero attached hydrogens (tertiary/aromatic N) is 3. The molecule has 4 heterocycles. The van der Waals surface area contributed by atoms with Gasteiger partial charge in [-0.25, -0.2) is 4.39 Å². The van der Waals surface area contributed by atoms with Crippen LogP contribution in [-0.4, -0.2) is 45.1 Å². The SMILES string of the molecule is CC1(C)C[C@H](N2CCc3cc(-c4cc5occc(=O)c5cc4O)nnc32)[C@H](F)C(C)(C)N1. The summed E-state index contributed by atoms with van der Waals surface area (Å²) in [5.74, 6) is 0.632. The molecule has 32 heavy (non-hydrogen) atoms. The normalized spacial score (nSPS) is 24.0. The van der Waals surface area contributed by atoms with E-state index in [-0.39, 0.29) is 22.8 Å². The molecule has 2 aromatic heterocycles. The lowest BCUT2D eigenvalue weighted by molar-refractivity contribution is 0.0555. The first-order valence-corrected chi connectivity index (χ1v) is 10.9. The quantitative estimate of drug-likeness (QED) is 0.632. The monoisotopic (exact) mass is 438 g/mol. The summed E-state index contributed by atoms with van der Waals surface area (Å²) >= 11 is 0. The van der Waals surface area contributed by atoms with E-state index in [4.69, 9.17) is 4.42 Å². The minimum absolute atomic E-state index is 0.0641. The zero-order valence-corrected chi connectivity index (χ0v) is 18.6. The fourth-order valence-corrected chi connectivity index (χ4v) is 5.34. The average Bonchev–Trinajstić information content (AvgIpc) is 3.13. The van der Waals surface area contributed by atoms with Crippen LogP contribution in [-0.2, 0) is 6.42 Å². The molecule has 2 aliphatic rings. The average molecular weight is 439 g/mol. The Balaban J connectivity index is 1.52. The van der Waals surface area contributed by atoms with E-state index >= 15 is 4.39 Å². The van der Waals surface area contributed by atoms with E-state index < -0.39 is 11.7 Å². The number of hydrogen-bond acceptors (Lipinski definition) is 7. The third kappa shape index (κ3) is 3.33. The van der Waals surface area contributed by atoms with Crippen molar-refractivity contribution in [2.75, 3.05) is 11.4 Å². The van der Waals surface area contributed by atoms with Crippen molar-refractivity contribution in [1.29, 1.82) is 0 Å². The lowest BCUT2D eigenvalue weighted by Crippen LogP contribution is -2.69. The van der Waals surface area contributed by atoms with Crippen LogP contribution in [0.15, 0.2) is 39.7 Å². The molecule has 0 aliphatic carbocycles. The van der Waals surface area contributed by atoms with Crippen LogP contribution in [0, 0.1) is 0 Å². The van der Waals surface area contributed by atoms with Gasteiger partial charge in [0.05, 0.1) is 23.4 Å². The zero-order chi connectivity index (χ0) is 22.8. The maximum absolute atomic E-state index is 15.5. The van der Waals surface area contributed by atoms with Crippen LogP contribution in [0.25, 0.3) is 22.2 Å². The van der Waals surface area contributed by atoms with Gasteiger partial charge in [0.1, 0.15) is 17.5 Å². The second-order valence-corrected chi connectivity index (χ2v) is 10.1. The van der Waals surface area contributed by atoms with Crippen LogP contribution in [0.5, 0.6) is 5.75 Å². The number of fused-ring (bicyclic) bond motifs is 2. The Morgan fingerprint density at radius 2 is 2.00 bits per heavy atom. The predicted octanol–water partition coefficient (Wildman–Crippen LogP) is 3.58. The smallest absolute Gasteiger partial charge is 0.192 e. The van der Waals surface area contributed by atoms with Crippen molar-refractivity contribution in [3.63, 3.8) is 0 Å². The van der Waals surface area contributed by atoms with E-state index in [9.17, 15) is 9.90 Å². The van der Waals surface area contributed by atoms with Gasteiger partial charge in [0.25, 0.3) is 0 Å². The Labute approximate surface area is 185 Å². The van der Waals surface area contributed by atoms with Gasteiger partial charge < -0.3 is 19.7 Å². The van der Waals surface area contributed by atoms with Crippen LogP contribution in [0.4, 0.5) is 10.2 Å². The number of hydrogen-bond donors (Lipinski definition) is 2. The highest BCUT2D eigenvalue weighted by atomic mass is 19.1. The van der Waals surface area contributed by atoms with Gasteiger partial charge in [0, 0.05) is 34.8 Å². The molecule has 8 heteroatoms. The maximum atomic E-state index is 15.5. The molecule has 3 aromatic rings. The van der Waals surface area contributed by atoms with Crippen molar-refractivity contribution >= 4 is 16.8 Å². The molecule has 168 valence electrons. The Morgan fingerprint density at radius 3 is 2.78 bits per heavy atom. The summed E-state index contributed by atoms with van der Waals surface area (Å²) in [6.45, 7) is 8.67. The largest absolute Gasteiger partial charge is 0.507 e. The molecule has 0 radical (unpaired) electrons. The van der Waals surface area contributed by atoms with Gasteiger partial charge in [-0.2, -0.15) is 0 Å². The van der Waals surface area contributed by atoms with Crippen LogP contribution in [0.1, 0.15) is 39.7 Å². The summed E-state index contributed by atoms with van der Waals surface area (Å²) in [4.78, 5) is 14.0. The number of phenols is 1. The number of phenolic OH excluding ortho intramolecular Hbond substituents is 1. The van der Waals surface area contributed by atoms with Crippen molar-refractivity contribution in [3.8, 4) is 17.0 Å². The molecule has 1 fully saturated rings. The lowest BCUT2D eigenvalue weighted by Gasteiger charge is -2.51. The highest BCUT2D eigenvalue weighted by Gasteiger charge is 2.49. The Kier molecular flexibility index (Phi) is 4.57. The fourth-order valence-electron chi connectivity index (χ4n) is 5.34. The summed E-state index contributed by atoms with van der Waals surface area (Å²) in [6.07, 6.45) is 1.65. The molecule has 2 atom stereocenters. The maximum Gasteiger partial charge on any atom is 0.192 e. The molecule has 2 aliphatic heterocycles. The van der Waals surface area contributed by atoms with Crippen LogP contribution in [0.2, 0.25) is 0 Å². The summed E-state index contributed by atoms with van der Waals surface area (Å²) in [5, 5.41) is 23.0. The third-order valence-electron chi connectivity index (χ3n) is 6.61. The first-order valence-electron chi connectivity index (χ1n) is 10.9. The van der Waals surface area contributed by atoms with Crippen molar-refractivity contribution in [2.45, 2.75) is 63.8 Å². The highest BCUT2D eigenvalue weighted by molar-refractivity contribution is 5.85. The Bertz CT molecular complexity index is 1270. The molecule has 7 nitrogen and oxygen atoms in total. The van der Waals surface area contributed by atoms with Crippen molar-refractivity contribution < 1.29 is 13.9 Å². The van der Waals surface area contributed by atoms with Crippen LogP contribution < -0.4 is 15.6 Å². The third-order valence-corrected chi connectivity index (χ3v) is 6.61. The number of rotatable bonds is 2. The number of benzene rings is 1. The number of halogens is 1. The van der Waals surface area contributed by atoms with Gasteiger partial charge >= 0.3 is 0 Å². The van der Waals surface area contributed by atoms with Crippen LogP contribution >= 0.6 is 0 Å². The molecule has 0 saturated carbocycles. The molecular formula is C24H27FN4O3. The molecule has 1 saturated heterocycles. The van der Waals surface area contributed by atoms with E-state index in [0.717, 1.165) is 12.0 Å². The van der Waals surface area contributed by atoms with Crippen molar-refractivity contribution in [1.82, 2.24) is 15.5 Å². The van der Waals surface area contributed by atoms with E-state index in [1.165, 1.54) is 18.4 Å². The standard InChI is InChI=1S/C24H27FN4O3/c1-23(2)12-17(21(25)24(3,4)28-23)29-7-5-13-9-16(26-27-22(13)29)14-11-20-15(10-19(14)31)18(30)6-8-32-20/h6,8-11,17,21,28,31H,5,7,12H2,1-4H3/t17-,21-/m0/s1. The van der Waals surface area contributed by atoms with E-state index in [1.807, 2.05) is 24.8 Å². The predicted molar refractivity (Wildman–Crippen MR) is 121 cm³/mol. The number of piperidine rings is 1. The second-order valence-electron chi connectivity index (χ2n) is 10.1. The van der Waals surface area contributed by atoms with Gasteiger partial charge in [-0.05, 0) is 58.7 Å². The number of alkyl halides is 1. The van der Waals surface area contributed by atoms with E-state index in [0.29, 0.717) is 41.0 Å². The van der Waals surface area contributed by atoms with Crippen molar-refractivity contribution in [2.24, 2.45) is 0 Å². The first kappa shape index (κ1) is 20.9. The fraction of sp³-hybridized carbons (Fsp3) is 0.458. The van der Waals surface area contributed by atoms with Gasteiger partial charge in [-0.15, -0.1) is 10.2 Å². The van der Waals surface area contributed by atoms with Crippen molar-refractivity contribution in [3.05, 3.63) is 46.3 Å². The number of aromatic nitrogens is 2. The summed E-state index contributed by atoms with van der Waals surface area (Å²) in [5.41, 5.74) is 1.18. The molecule has 5 rings (SSSR count).